The first kappa shape index (κ1) is 14.0. The summed E-state index contributed by atoms with van der Waals surface area (Å²) in [5.41, 5.74) is 0.915. The molecule has 1 N–H and O–H groups in total. The highest BCUT2D eigenvalue weighted by molar-refractivity contribution is 7.13. The summed E-state index contributed by atoms with van der Waals surface area (Å²) in [5, 5.41) is 5.43. The number of aryl methyl sites for hydroxylation is 1. The number of hydrogen-bond donors (Lipinski definition) is 1. The van der Waals surface area contributed by atoms with Crippen LogP contribution in [-0.4, -0.2) is 24.0 Å². The lowest BCUT2D eigenvalue weighted by atomic mass is 9.85. The molecule has 19 heavy (non-hydrogen) atoms. The van der Waals surface area contributed by atoms with Gasteiger partial charge in [0.2, 0.25) is 5.91 Å². The number of rotatable bonds is 6. The second-order valence-electron chi connectivity index (χ2n) is 4.69. The topological polar surface area (TPSA) is 68.3 Å². The van der Waals surface area contributed by atoms with Gasteiger partial charge >= 0.3 is 5.97 Å². The zero-order valence-electron chi connectivity index (χ0n) is 11.0. The first-order valence-electron chi connectivity index (χ1n) is 6.51. The third-order valence-electron chi connectivity index (χ3n) is 3.30. The Balaban J connectivity index is 1.75. The molecule has 1 saturated carbocycles. The van der Waals surface area contributed by atoms with E-state index in [1.165, 1.54) is 18.4 Å². The van der Waals surface area contributed by atoms with Crippen molar-refractivity contribution in [1.82, 2.24) is 4.98 Å². The maximum Gasteiger partial charge on any atom is 0.305 e. The molecule has 0 atom stereocenters. The average Bonchev–Trinajstić information content (AvgIpc) is 2.74. The molecule has 0 unspecified atom stereocenters. The number of aromatic nitrogens is 1. The quantitative estimate of drug-likeness (QED) is 0.813. The molecular formula is C13H18N2O3S. The van der Waals surface area contributed by atoms with Crippen LogP contribution in [0.2, 0.25) is 0 Å². The van der Waals surface area contributed by atoms with Gasteiger partial charge in [-0.15, -0.1) is 11.3 Å². The van der Waals surface area contributed by atoms with E-state index in [4.69, 9.17) is 0 Å². The Morgan fingerprint density at radius 3 is 2.95 bits per heavy atom. The van der Waals surface area contributed by atoms with E-state index in [9.17, 15) is 9.59 Å². The Kier molecular flexibility index (Phi) is 4.90. The van der Waals surface area contributed by atoms with Crippen LogP contribution in [0, 0.1) is 5.92 Å². The summed E-state index contributed by atoms with van der Waals surface area (Å²) in [7, 11) is 1.39. The van der Waals surface area contributed by atoms with E-state index in [1.54, 1.807) is 0 Å². The van der Waals surface area contributed by atoms with Gasteiger partial charge in [-0.05, 0) is 25.7 Å². The summed E-state index contributed by atoms with van der Waals surface area (Å²) in [5.74, 6) is 0.0575. The fourth-order valence-corrected chi connectivity index (χ4v) is 2.62. The monoisotopic (exact) mass is 282 g/mol. The fraction of sp³-hybridized carbons (Fsp3) is 0.615. The largest absolute Gasteiger partial charge is 0.469 e. The molecule has 0 spiro atoms. The predicted molar refractivity (Wildman–Crippen MR) is 73.0 cm³/mol. The van der Waals surface area contributed by atoms with Gasteiger partial charge in [0.1, 0.15) is 0 Å². The molecule has 5 nitrogen and oxygen atoms in total. The van der Waals surface area contributed by atoms with Crippen molar-refractivity contribution in [2.75, 3.05) is 12.4 Å². The van der Waals surface area contributed by atoms with Gasteiger partial charge in [-0.3, -0.25) is 9.59 Å². The highest BCUT2D eigenvalue weighted by Crippen LogP contribution is 2.28. The predicted octanol–water partition coefficient (Wildman–Crippen LogP) is 2.38. The molecule has 1 aliphatic rings. The minimum atomic E-state index is -0.200. The molecule has 1 aliphatic carbocycles. The fourth-order valence-electron chi connectivity index (χ4n) is 1.87. The molecule has 0 saturated heterocycles. The zero-order chi connectivity index (χ0) is 13.7. The molecule has 1 heterocycles. The molecule has 0 radical (unpaired) electrons. The number of anilines is 1. The lowest BCUT2D eigenvalue weighted by Gasteiger charge is -2.23. The number of carbonyl (C=O) groups is 2. The van der Waals surface area contributed by atoms with E-state index in [1.807, 2.05) is 5.38 Å². The van der Waals surface area contributed by atoms with Crippen LogP contribution in [0.5, 0.6) is 0 Å². The van der Waals surface area contributed by atoms with Gasteiger partial charge in [0, 0.05) is 17.7 Å². The van der Waals surface area contributed by atoms with Crippen molar-refractivity contribution in [3.63, 3.8) is 0 Å². The highest BCUT2D eigenvalue weighted by atomic mass is 32.1. The Morgan fingerprint density at radius 2 is 2.32 bits per heavy atom. The van der Waals surface area contributed by atoms with Crippen molar-refractivity contribution in [1.29, 1.82) is 0 Å². The van der Waals surface area contributed by atoms with Crippen molar-refractivity contribution in [2.24, 2.45) is 5.92 Å². The number of ether oxygens (including phenoxy) is 1. The summed E-state index contributed by atoms with van der Waals surface area (Å²) in [6.07, 6.45) is 4.97. The van der Waals surface area contributed by atoms with Crippen LogP contribution in [-0.2, 0) is 20.7 Å². The first-order chi connectivity index (χ1) is 9.19. The number of methoxy groups -OCH3 is 1. The van der Waals surface area contributed by atoms with Gasteiger partial charge in [0.15, 0.2) is 5.13 Å². The van der Waals surface area contributed by atoms with Crippen LogP contribution >= 0.6 is 11.3 Å². The van der Waals surface area contributed by atoms with E-state index >= 15 is 0 Å². The van der Waals surface area contributed by atoms with Gasteiger partial charge in [0.05, 0.1) is 12.8 Å². The minimum Gasteiger partial charge on any atom is -0.469 e. The molecule has 0 bridgehead atoms. The normalized spacial score (nSPS) is 14.8. The number of amides is 1. The minimum absolute atomic E-state index is 0.0849. The maximum absolute atomic E-state index is 11.7. The van der Waals surface area contributed by atoms with Crippen LogP contribution in [0.4, 0.5) is 5.13 Å². The third-order valence-corrected chi connectivity index (χ3v) is 4.11. The van der Waals surface area contributed by atoms with Crippen molar-refractivity contribution in [3.8, 4) is 0 Å². The SMILES string of the molecule is COC(=O)CCCc1csc(NC(=O)C2CCC2)n1. The van der Waals surface area contributed by atoms with Gasteiger partial charge < -0.3 is 10.1 Å². The van der Waals surface area contributed by atoms with E-state index in [2.05, 4.69) is 15.0 Å². The van der Waals surface area contributed by atoms with Gasteiger partial charge in [-0.1, -0.05) is 6.42 Å². The smallest absolute Gasteiger partial charge is 0.305 e. The molecule has 0 aliphatic heterocycles. The molecule has 6 heteroatoms. The van der Waals surface area contributed by atoms with Gasteiger partial charge in [-0.2, -0.15) is 0 Å². The van der Waals surface area contributed by atoms with Crippen LogP contribution < -0.4 is 5.32 Å². The maximum atomic E-state index is 11.7. The summed E-state index contributed by atoms with van der Waals surface area (Å²) >= 11 is 1.44. The molecule has 2 rings (SSSR count). The molecule has 1 aromatic rings. The van der Waals surface area contributed by atoms with Crippen molar-refractivity contribution >= 4 is 28.3 Å². The highest BCUT2D eigenvalue weighted by Gasteiger charge is 2.25. The summed E-state index contributed by atoms with van der Waals surface area (Å²) in [6, 6.07) is 0. The first-order valence-corrected chi connectivity index (χ1v) is 7.39. The van der Waals surface area contributed by atoms with Crippen molar-refractivity contribution in [2.45, 2.75) is 38.5 Å². The van der Waals surface area contributed by atoms with Crippen LogP contribution in [0.25, 0.3) is 0 Å². The van der Waals surface area contributed by atoms with Gasteiger partial charge in [-0.25, -0.2) is 4.98 Å². The summed E-state index contributed by atoms with van der Waals surface area (Å²) in [6.45, 7) is 0. The number of esters is 1. The summed E-state index contributed by atoms with van der Waals surface area (Å²) in [4.78, 5) is 27.1. The Hall–Kier alpha value is -1.43. The Bertz CT molecular complexity index is 454. The number of thiazole rings is 1. The number of nitrogens with one attached hydrogen (secondary N) is 1. The zero-order valence-corrected chi connectivity index (χ0v) is 11.8. The second-order valence-corrected chi connectivity index (χ2v) is 5.55. The third kappa shape index (κ3) is 4.02. The van der Waals surface area contributed by atoms with Gasteiger partial charge in [0.25, 0.3) is 0 Å². The van der Waals surface area contributed by atoms with Crippen molar-refractivity contribution in [3.05, 3.63) is 11.1 Å². The van der Waals surface area contributed by atoms with E-state index in [-0.39, 0.29) is 17.8 Å². The lowest BCUT2D eigenvalue weighted by Crippen LogP contribution is -2.27. The van der Waals surface area contributed by atoms with Crippen LogP contribution in [0.15, 0.2) is 5.38 Å². The lowest BCUT2D eigenvalue weighted by molar-refractivity contribution is -0.140. The number of hydrogen-bond acceptors (Lipinski definition) is 5. The molecular weight excluding hydrogens is 264 g/mol. The molecule has 0 aromatic carbocycles. The Labute approximate surface area is 116 Å². The second kappa shape index (κ2) is 6.65. The van der Waals surface area contributed by atoms with Crippen molar-refractivity contribution < 1.29 is 14.3 Å². The molecule has 1 fully saturated rings. The molecule has 1 amide bonds. The van der Waals surface area contributed by atoms with E-state index < -0.39 is 0 Å². The average molecular weight is 282 g/mol. The number of carbonyl (C=O) groups excluding carboxylic acids is 2. The standard InChI is InChI=1S/C13H18N2O3S/c1-18-11(16)7-3-6-10-8-19-13(14-10)15-12(17)9-4-2-5-9/h8-9H,2-7H2,1H3,(H,14,15,17). The molecule has 1 aromatic heterocycles. The molecule has 104 valence electrons. The summed E-state index contributed by atoms with van der Waals surface area (Å²) < 4.78 is 4.58. The van der Waals surface area contributed by atoms with E-state index in [0.717, 1.165) is 31.4 Å². The Morgan fingerprint density at radius 1 is 1.53 bits per heavy atom. The van der Waals surface area contributed by atoms with Crippen LogP contribution in [0.3, 0.4) is 0 Å². The van der Waals surface area contributed by atoms with E-state index in [0.29, 0.717) is 18.0 Å². The number of nitrogens with zero attached hydrogens (tertiary/aromatic N) is 1. The van der Waals surface area contributed by atoms with Crippen LogP contribution in [0.1, 0.15) is 37.8 Å².